The van der Waals surface area contributed by atoms with Crippen LogP contribution in [0.15, 0.2) is 18.5 Å². The predicted molar refractivity (Wildman–Crippen MR) is 84.0 cm³/mol. The molecule has 22 heavy (non-hydrogen) atoms. The van der Waals surface area contributed by atoms with Gasteiger partial charge in [0.2, 0.25) is 0 Å². The zero-order valence-electron chi connectivity index (χ0n) is 12.5. The molecular formula is C16H19N5O. The molecular weight excluding hydrogens is 278 g/mol. The number of aliphatic hydroxyl groups excluding tert-OH is 1. The molecule has 0 aliphatic heterocycles. The van der Waals surface area contributed by atoms with Crippen LogP contribution in [0.1, 0.15) is 44.5 Å². The molecule has 0 radical (unpaired) electrons. The van der Waals surface area contributed by atoms with E-state index >= 15 is 0 Å². The Balaban J connectivity index is 0.000000174. The summed E-state index contributed by atoms with van der Waals surface area (Å²) in [7, 11) is 0. The molecule has 3 aromatic heterocycles. The van der Waals surface area contributed by atoms with Gasteiger partial charge >= 0.3 is 0 Å². The molecule has 0 bridgehead atoms. The number of rotatable bonds is 1. The molecule has 3 aromatic rings. The summed E-state index contributed by atoms with van der Waals surface area (Å²) in [6.45, 7) is 1.68. The van der Waals surface area contributed by atoms with Crippen LogP contribution >= 0.6 is 0 Å². The molecule has 1 aliphatic carbocycles. The number of hydrogen-bond acceptors (Lipinski definition) is 4. The largest absolute Gasteiger partial charge is 0.385 e. The summed E-state index contributed by atoms with van der Waals surface area (Å²) >= 11 is 0. The highest BCUT2D eigenvalue weighted by atomic mass is 16.3. The molecule has 1 atom stereocenters. The van der Waals surface area contributed by atoms with Gasteiger partial charge in [-0.1, -0.05) is 12.8 Å². The fraction of sp³-hybridized carbons (Fsp3) is 0.438. The fourth-order valence-electron chi connectivity index (χ4n) is 2.74. The van der Waals surface area contributed by atoms with Crippen LogP contribution in [0.2, 0.25) is 0 Å². The van der Waals surface area contributed by atoms with E-state index in [-0.39, 0.29) is 0 Å². The third kappa shape index (κ3) is 2.81. The van der Waals surface area contributed by atoms with Crippen LogP contribution in [0.4, 0.5) is 0 Å². The van der Waals surface area contributed by atoms with Crippen molar-refractivity contribution in [1.82, 2.24) is 19.9 Å². The van der Waals surface area contributed by atoms with Gasteiger partial charge in [-0.15, -0.1) is 0 Å². The molecule has 1 unspecified atom stereocenters. The summed E-state index contributed by atoms with van der Waals surface area (Å²) in [6, 6.07) is 4.19. The lowest BCUT2D eigenvalue weighted by molar-refractivity contribution is 0.190. The molecule has 4 rings (SSSR count). The second-order valence-electron chi connectivity index (χ2n) is 5.67. The zero-order valence-corrected chi connectivity index (χ0v) is 12.5. The van der Waals surface area contributed by atoms with Gasteiger partial charge < -0.3 is 15.1 Å². The van der Waals surface area contributed by atoms with Crippen LogP contribution in [0.3, 0.4) is 0 Å². The number of imidazole rings is 1. The molecule has 3 N–H and O–H groups in total. The van der Waals surface area contributed by atoms with E-state index in [4.69, 9.17) is 5.26 Å². The van der Waals surface area contributed by atoms with Crippen LogP contribution in [-0.4, -0.2) is 25.0 Å². The number of aromatic amines is 2. The van der Waals surface area contributed by atoms with E-state index in [0.717, 1.165) is 34.9 Å². The van der Waals surface area contributed by atoms with E-state index in [1.165, 1.54) is 12.8 Å². The summed E-state index contributed by atoms with van der Waals surface area (Å²) in [5.41, 5.74) is 2.50. The lowest BCUT2D eigenvalue weighted by atomic mass is 10.1. The number of nitrogens with zero attached hydrogens (tertiary/aromatic N) is 3. The average molecular weight is 297 g/mol. The summed E-state index contributed by atoms with van der Waals surface area (Å²) in [5.74, 6) is 0.973. The standard InChI is InChI=1S/C10H10N4O.C6H9N/c1-5(15)9-13-7-4-12-10-6(2-3-11-10)8(7)14-9;7-5-6-3-1-2-4-6/h2-5,15H,1H3,(H,11,12)(H,13,14);6H,1-4H2. The lowest BCUT2D eigenvalue weighted by Crippen LogP contribution is -1.92. The summed E-state index contributed by atoms with van der Waals surface area (Å²) in [5, 5.41) is 18.7. The van der Waals surface area contributed by atoms with Crippen molar-refractivity contribution >= 4 is 22.1 Å². The van der Waals surface area contributed by atoms with E-state index in [9.17, 15) is 5.11 Å². The van der Waals surface area contributed by atoms with E-state index in [1.807, 2.05) is 12.3 Å². The Bertz CT molecular complexity index is 805. The minimum atomic E-state index is -0.591. The summed E-state index contributed by atoms with van der Waals surface area (Å²) in [6.07, 6.45) is 7.80. The van der Waals surface area contributed by atoms with Gasteiger partial charge in [-0.25, -0.2) is 9.97 Å². The van der Waals surface area contributed by atoms with Crippen molar-refractivity contribution in [3.8, 4) is 6.07 Å². The van der Waals surface area contributed by atoms with Gasteiger partial charge in [-0.3, -0.25) is 0 Å². The molecule has 6 nitrogen and oxygen atoms in total. The maximum Gasteiger partial charge on any atom is 0.139 e. The molecule has 1 saturated carbocycles. The first-order valence-corrected chi connectivity index (χ1v) is 7.58. The predicted octanol–water partition coefficient (Wildman–Crippen LogP) is 3.19. The minimum Gasteiger partial charge on any atom is -0.385 e. The lowest BCUT2D eigenvalue weighted by Gasteiger charge is -1.95. The molecule has 6 heteroatoms. The molecule has 1 aliphatic rings. The van der Waals surface area contributed by atoms with Gasteiger partial charge in [0, 0.05) is 17.5 Å². The van der Waals surface area contributed by atoms with Crippen molar-refractivity contribution in [3.05, 3.63) is 24.3 Å². The molecule has 0 spiro atoms. The van der Waals surface area contributed by atoms with Gasteiger partial charge in [-0.2, -0.15) is 5.26 Å². The van der Waals surface area contributed by atoms with Crippen molar-refractivity contribution in [2.75, 3.05) is 0 Å². The number of aromatic nitrogens is 4. The second kappa shape index (κ2) is 6.16. The van der Waals surface area contributed by atoms with Gasteiger partial charge in [0.15, 0.2) is 0 Å². The Morgan fingerprint density at radius 1 is 1.41 bits per heavy atom. The smallest absolute Gasteiger partial charge is 0.139 e. The van der Waals surface area contributed by atoms with E-state index in [2.05, 4.69) is 26.0 Å². The first-order valence-electron chi connectivity index (χ1n) is 7.58. The Morgan fingerprint density at radius 2 is 2.18 bits per heavy atom. The monoisotopic (exact) mass is 297 g/mol. The second-order valence-corrected chi connectivity index (χ2v) is 5.67. The number of aliphatic hydroxyl groups is 1. The molecule has 3 heterocycles. The third-order valence-electron chi connectivity index (χ3n) is 3.99. The van der Waals surface area contributed by atoms with Crippen LogP contribution < -0.4 is 0 Å². The maximum absolute atomic E-state index is 9.43. The van der Waals surface area contributed by atoms with Crippen molar-refractivity contribution in [1.29, 1.82) is 5.26 Å². The Labute approximate surface area is 128 Å². The minimum absolute atomic E-state index is 0.403. The maximum atomic E-state index is 9.43. The van der Waals surface area contributed by atoms with Gasteiger partial charge in [0.05, 0.1) is 17.8 Å². The Hall–Kier alpha value is -2.39. The van der Waals surface area contributed by atoms with Gasteiger partial charge in [0.1, 0.15) is 23.1 Å². The van der Waals surface area contributed by atoms with Crippen molar-refractivity contribution in [3.63, 3.8) is 0 Å². The van der Waals surface area contributed by atoms with Gasteiger partial charge in [-0.05, 0) is 25.8 Å². The number of nitrogens with one attached hydrogen (secondary N) is 2. The van der Waals surface area contributed by atoms with Crippen LogP contribution in [-0.2, 0) is 0 Å². The van der Waals surface area contributed by atoms with Crippen LogP contribution in [0.25, 0.3) is 22.1 Å². The summed E-state index contributed by atoms with van der Waals surface area (Å²) < 4.78 is 0. The van der Waals surface area contributed by atoms with E-state index in [1.54, 1.807) is 13.1 Å². The number of hydrogen-bond donors (Lipinski definition) is 3. The van der Waals surface area contributed by atoms with E-state index < -0.39 is 6.10 Å². The normalized spacial score (nSPS) is 16.4. The molecule has 114 valence electrons. The number of nitriles is 1. The first kappa shape index (κ1) is 14.5. The van der Waals surface area contributed by atoms with Crippen molar-refractivity contribution in [2.45, 2.75) is 38.7 Å². The highest BCUT2D eigenvalue weighted by Gasteiger charge is 2.12. The summed E-state index contributed by atoms with van der Waals surface area (Å²) in [4.78, 5) is 14.6. The van der Waals surface area contributed by atoms with Crippen molar-refractivity contribution in [2.24, 2.45) is 5.92 Å². The quantitative estimate of drug-likeness (QED) is 0.642. The number of pyridine rings is 1. The number of H-pyrrole nitrogens is 2. The Kier molecular flexibility index (Phi) is 4.07. The molecule has 0 amide bonds. The highest BCUT2D eigenvalue weighted by molar-refractivity contribution is 6.00. The Morgan fingerprint density at radius 3 is 2.82 bits per heavy atom. The molecule has 0 saturated heterocycles. The fourth-order valence-corrected chi connectivity index (χ4v) is 2.74. The highest BCUT2D eigenvalue weighted by Crippen LogP contribution is 2.23. The van der Waals surface area contributed by atoms with Gasteiger partial charge in [0.25, 0.3) is 0 Å². The molecule has 0 aromatic carbocycles. The van der Waals surface area contributed by atoms with Crippen molar-refractivity contribution < 1.29 is 5.11 Å². The average Bonchev–Trinajstić information content (AvgIpc) is 3.25. The van der Waals surface area contributed by atoms with Crippen LogP contribution in [0.5, 0.6) is 0 Å². The topological polar surface area (TPSA) is 101 Å². The first-order chi connectivity index (χ1) is 10.7. The number of fused-ring (bicyclic) bond motifs is 3. The van der Waals surface area contributed by atoms with E-state index in [0.29, 0.717) is 11.7 Å². The third-order valence-corrected chi connectivity index (χ3v) is 3.99. The SMILES string of the molecule is CC(O)c1nc2c(cnc3[nH]ccc32)[nH]1.N#CC1CCCC1. The zero-order chi connectivity index (χ0) is 15.5. The van der Waals surface area contributed by atoms with Crippen LogP contribution in [0, 0.1) is 17.2 Å². The molecule has 1 fully saturated rings.